The van der Waals surface area contributed by atoms with Gasteiger partial charge in [0.15, 0.2) is 0 Å². The van der Waals surface area contributed by atoms with Crippen molar-refractivity contribution in [1.82, 2.24) is 0 Å². The zero-order valence-corrected chi connectivity index (χ0v) is 11.7. The lowest BCUT2D eigenvalue weighted by Gasteiger charge is -2.18. The smallest absolute Gasteiger partial charge is 0.327 e. The highest BCUT2D eigenvalue weighted by molar-refractivity contribution is 7.92. The first-order valence-corrected chi connectivity index (χ1v) is 7.30. The van der Waals surface area contributed by atoms with Crippen molar-refractivity contribution in [2.24, 2.45) is 11.7 Å². The minimum absolute atomic E-state index is 0.0542. The maximum absolute atomic E-state index is 13.1. The number of halogens is 4. The van der Waals surface area contributed by atoms with Crippen LogP contribution in [-0.2, 0) is 16.3 Å². The fraction of sp³-hybridized carbons (Fsp3) is 0.500. The normalized spacial score (nSPS) is 14.6. The summed E-state index contributed by atoms with van der Waals surface area (Å²) in [5.41, 5.74) is 0.129. The van der Waals surface area contributed by atoms with Gasteiger partial charge < -0.3 is 5.73 Å². The maximum Gasteiger partial charge on any atom is 0.501 e. The van der Waals surface area contributed by atoms with Gasteiger partial charge in [0.2, 0.25) is 0 Å². The van der Waals surface area contributed by atoms with Crippen molar-refractivity contribution in [3.8, 4) is 0 Å². The molecular formula is C12H15F4NO2S. The fourth-order valence-electron chi connectivity index (χ4n) is 1.56. The molecule has 0 fully saturated rings. The van der Waals surface area contributed by atoms with E-state index < -0.39 is 32.1 Å². The molecule has 0 heterocycles. The van der Waals surface area contributed by atoms with Crippen LogP contribution in [0.25, 0.3) is 0 Å². The van der Waals surface area contributed by atoms with Gasteiger partial charge in [-0.25, -0.2) is 12.8 Å². The monoisotopic (exact) mass is 313 g/mol. The van der Waals surface area contributed by atoms with Crippen molar-refractivity contribution in [2.75, 3.05) is 0 Å². The van der Waals surface area contributed by atoms with Crippen LogP contribution >= 0.6 is 0 Å². The van der Waals surface area contributed by atoms with E-state index in [-0.39, 0.29) is 17.9 Å². The number of hydrogen-bond donors (Lipinski definition) is 1. The Morgan fingerprint density at radius 1 is 1.25 bits per heavy atom. The van der Waals surface area contributed by atoms with Gasteiger partial charge in [0, 0.05) is 6.04 Å². The summed E-state index contributed by atoms with van der Waals surface area (Å²) < 4.78 is 73.7. The van der Waals surface area contributed by atoms with Gasteiger partial charge in [-0.1, -0.05) is 19.9 Å². The molecule has 0 bridgehead atoms. The molecule has 3 nitrogen and oxygen atoms in total. The van der Waals surface area contributed by atoms with E-state index in [1.165, 1.54) is 0 Å². The Morgan fingerprint density at radius 3 is 2.25 bits per heavy atom. The lowest BCUT2D eigenvalue weighted by molar-refractivity contribution is -0.0436. The second-order valence-electron chi connectivity index (χ2n) is 4.81. The molecule has 0 saturated heterocycles. The molecule has 1 aromatic rings. The van der Waals surface area contributed by atoms with E-state index in [1.54, 1.807) is 13.8 Å². The van der Waals surface area contributed by atoms with Crippen molar-refractivity contribution in [2.45, 2.75) is 36.7 Å². The highest BCUT2D eigenvalue weighted by Gasteiger charge is 2.48. The molecule has 0 spiro atoms. The van der Waals surface area contributed by atoms with E-state index in [2.05, 4.69) is 0 Å². The van der Waals surface area contributed by atoms with Crippen LogP contribution in [-0.4, -0.2) is 20.0 Å². The van der Waals surface area contributed by atoms with Gasteiger partial charge >= 0.3 is 5.51 Å². The molecule has 114 valence electrons. The zero-order valence-electron chi connectivity index (χ0n) is 10.9. The number of nitrogens with two attached hydrogens (primary N) is 1. The van der Waals surface area contributed by atoms with Crippen molar-refractivity contribution in [3.63, 3.8) is 0 Å². The summed E-state index contributed by atoms with van der Waals surface area (Å²) in [7, 11) is -5.60. The first-order chi connectivity index (χ1) is 8.96. The molecular weight excluding hydrogens is 298 g/mol. The van der Waals surface area contributed by atoms with Crippen LogP contribution in [0.2, 0.25) is 0 Å². The molecule has 0 radical (unpaired) electrons. The quantitative estimate of drug-likeness (QED) is 0.869. The maximum atomic E-state index is 13.1. The van der Waals surface area contributed by atoms with Crippen LogP contribution in [0.5, 0.6) is 0 Å². The molecule has 0 aromatic heterocycles. The van der Waals surface area contributed by atoms with Crippen LogP contribution in [0.3, 0.4) is 0 Å². The zero-order chi connectivity index (χ0) is 15.7. The van der Waals surface area contributed by atoms with E-state index in [4.69, 9.17) is 5.73 Å². The topological polar surface area (TPSA) is 60.2 Å². The summed E-state index contributed by atoms with van der Waals surface area (Å²) in [6.45, 7) is 3.51. The molecule has 0 saturated carbocycles. The van der Waals surface area contributed by atoms with Gasteiger partial charge in [0.1, 0.15) is 5.82 Å². The molecule has 1 rings (SSSR count). The SMILES string of the molecule is CC(C)C(N)Cc1ccc(F)cc1S(=O)(=O)C(F)(F)F. The molecule has 20 heavy (non-hydrogen) atoms. The average Bonchev–Trinajstić information content (AvgIpc) is 2.29. The second-order valence-corrected chi connectivity index (χ2v) is 6.72. The standard InChI is InChI=1S/C12H15F4NO2S/c1-7(2)10(17)5-8-3-4-9(13)6-11(8)20(18,19)12(14,15)16/h3-4,6-7,10H,5,17H2,1-2H3. The predicted octanol–water partition coefficient (Wildman–Crippen LogP) is 2.65. The third kappa shape index (κ3) is 3.49. The number of hydrogen-bond acceptors (Lipinski definition) is 3. The van der Waals surface area contributed by atoms with E-state index in [0.717, 1.165) is 12.1 Å². The minimum Gasteiger partial charge on any atom is -0.327 e. The molecule has 0 aliphatic carbocycles. The number of rotatable bonds is 4. The molecule has 1 unspecified atom stereocenters. The van der Waals surface area contributed by atoms with E-state index >= 15 is 0 Å². The highest BCUT2D eigenvalue weighted by atomic mass is 32.2. The van der Waals surface area contributed by atoms with Gasteiger partial charge in [-0.3, -0.25) is 0 Å². The lowest BCUT2D eigenvalue weighted by Crippen LogP contribution is -2.31. The molecule has 0 aliphatic rings. The second kappa shape index (κ2) is 5.69. The summed E-state index contributed by atoms with van der Waals surface area (Å²) >= 11 is 0. The average molecular weight is 313 g/mol. The van der Waals surface area contributed by atoms with Crippen LogP contribution < -0.4 is 5.73 Å². The summed E-state index contributed by atoms with van der Waals surface area (Å²) in [6, 6.07) is 1.79. The van der Waals surface area contributed by atoms with Gasteiger partial charge in [-0.15, -0.1) is 0 Å². The lowest BCUT2D eigenvalue weighted by atomic mass is 9.97. The molecule has 0 amide bonds. The molecule has 2 N–H and O–H groups in total. The largest absolute Gasteiger partial charge is 0.501 e. The first kappa shape index (κ1) is 16.9. The molecule has 8 heteroatoms. The van der Waals surface area contributed by atoms with Crippen molar-refractivity contribution in [1.29, 1.82) is 0 Å². The number of benzene rings is 1. The summed E-state index contributed by atoms with van der Waals surface area (Å²) in [5, 5.41) is 0. The van der Waals surface area contributed by atoms with Crippen molar-refractivity contribution < 1.29 is 26.0 Å². The van der Waals surface area contributed by atoms with Gasteiger partial charge in [0.25, 0.3) is 9.84 Å². The van der Waals surface area contributed by atoms with E-state index in [9.17, 15) is 26.0 Å². The minimum atomic E-state index is -5.60. The first-order valence-electron chi connectivity index (χ1n) is 5.82. The Kier molecular flexibility index (Phi) is 4.81. The molecule has 0 aliphatic heterocycles. The Bertz CT molecular complexity index is 582. The Balaban J connectivity index is 3.36. The third-order valence-corrected chi connectivity index (χ3v) is 4.50. The summed E-state index contributed by atoms with van der Waals surface area (Å²) in [6.07, 6.45) is -0.0808. The van der Waals surface area contributed by atoms with Crippen molar-refractivity contribution >= 4 is 9.84 Å². The number of alkyl halides is 3. The number of sulfone groups is 1. The van der Waals surface area contributed by atoms with Crippen LogP contribution in [0, 0.1) is 11.7 Å². The molecule has 1 aromatic carbocycles. The van der Waals surface area contributed by atoms with Gasteiger partial charge in [0.05, 0.1) is 4.90 Å². The third-order valence-electron chi connectivity index (χ3n) is 2.94. The fourth-order valence-corrected chi connectivity index (χ4v) is 2.58. The van der Waals surface area contributed by atoms with Crippen LogP contribution in [0.4, 0.5) is 17.6 Å². The Labute approximate surface area is 114 Å². The van der Waals surface area contributed by atoms with Crippen molar-refractivity contribution in [3.05, 3.63) is 29.6 Å². The van der Waals surface area contributed by atoms with Crippen LogP contribution in [0.1, 0.15) is 19.4 Å². The summed E-state index contributed by atoms with van der Waals surface area (Å²) in [5.74, 6) is -1.10. The van der Waals surface area contributed by atoms with Gasteiger partial charge in [-0.2, -0.15) is 13.2 Å². The predicted molar refractivity (Wildman–Crippen MR) is 66.2 cm³/mol. The van der Waals surface area contributed by atoms with E-state index in [0.29, 0.717) is 6.07 Å². The highest BCUT2D eigenvalue weighted by Crippen LogP contribution is 2.33. The Morgan fingerprint density at radius 2 is 1.80 bits per heavy atom. The van der Waals surface area contributed by atoms with Gasteiger partial charge in [-0.05, 0) is 30.0 Å². The Hall–Kier alpha value is -1.15. The summed E-state index contributed by atoms with van der Waals surface area (Å²) in [4.78, 5) is -1.07. The van der Waals surface area contributed by atoms with Crippen LogP contribution in [0.15, 0.2) is 23.1 Å². The molecule has 1 atom stereocenters. The van der Waals surface area contributed by atoms with E-state index in [1.807, 2.05) is 0 Å².